The van der Waals surface area contributed by atoms with Crippen molar-refractivity contribution < 1.29 is 0 Å². The van der Waals surface area contributed by atoms with Crippen LogP contribution in [0.15, 0.2) is 35.9 Å². The van der Waals surface area contributed by atoms with E-state index in [1.807, 2.05) is 44.2 Å². The molecule has 1 aromatic carbocycles. The van der Waals surface area contributed by atoms with E-state index in [2.05, 4.69) is 6.07 Å². The Balaban J connectivity index is 3.11. The summed E-state index contributed by atoms with van der Waals surface area (Å²) in [5, 5.41) is 8.66. The number of benzene rings is 1. The van der Waals surface area contributed by atoms with Crippen LogP contribution >= 0.6 is 0 Å². The fourth-order valence-electron chi connectivity index (χ4n) is 0.989. The lowest BCUT2D eigenvalue weighted by molar-refractivity contribution is 1.42. The molecule has 0 saturated carbocycles. The van der Waals surface area contributed by atoms with Gasteiger partial charge in [-0.25, -0.2) is 0 Å². The lowest BCUT2D eigenvalue weighted by Gasteiger charge is -2.00. The van der Waals surface area contributed by atoms with Crippen molar-refractivity contribution in [2.45, 2.75) is 13.8 Å². The number of hydrogen-bond acceptors (Lipinski definition) is 1. The predicted molar refractivity (Wildman–Crippen MR) is 50.3 cm³/mol. The van der Waals surface area contributed by atoms with Crippen LogP contribution in [0.1, 0.15) is 19.4 Å². The monoisotopic (exact) mass is 157 g/mol. The molecule has 0 radical (unpaired) electrons. The van der Waals surface area contributed by atoms with E-state index in [4.69, 9.17) is 5.26 Å². The largest absolute Gasteiger partial charge is 0.193 e. The second kappa shape index (κ2) is 3.73. The summed E-state index contributed by atoms with van der Waals surface area (Å²) in [6, 6.07) is 12.1. The van der Waals surface area contributed by atoms with Gasteiger partial charge in [-0.15, -0.1) is 0 Å². The number of hydrogen-bond donors (Lipinski definition) is 0. The maximum Gasteiger partial charge on any atom is 0.0947 e. The minimum absolute atomic E-state index is 0.779. The summed E-state index contributed by atoms with van der Waals surface area (Å²) < 4.78 is 0. The maximum absolute atomic E-state index is 8.66. The van der Waals surface area contributed by atoms with Gasteiger partial charge in [-0.3, -0.25) is 0 Å². The van der Waals surface area contributed by atoms with Crippen LogP contribution in [0, 0.1) is 11.3 Å². The average Bonchev–Trinajstić information content (AvgIpc) is 2.17. The first kappa shape index (κ1) is 8.55. The van der Waals surface area contributed by atoms with Crippen LogP contribution in [0.25, 0.3) is 5.57 Å². The lowest BCUT2D eigenvalue weighted by atomic mass is 10.0. The van der Waals surface area contributed by atoms with Crippen LogP contribution in [0.2, 0.25) is 0 Å². The van der Waals surface area contributed by atoms with Gasteiger partial charge in [-0.2, -0.15) is 5.26 Å². The Hall–Kier alpha value is -1.55. The summed E-state index contributed by atoms with van der Waals surface area (Å²) in [7, 11) is 0. The Morgan fingerprint density at radius 1 is 1.17 bits per heavy atom. The predicted octanol–water partition coefficient (Wildman–Crippen LogP) is 3.00. The molecular formula is C11H11N. The molecule has 12 heavy (non-hydrogen) atoms. The molecule has 0 heterocycles. The topological polar surface area (TPSA) is 23.8 Å². The molecular weight excluding hydrogens is 146 g/mol. The molecule has 0 aliphatic rings. The number of allylic oxidation sites excluding steroid dienone is 2. The lowest BCUT2D eigenvalue weighted by Crippen LogP contribution is -1.81. The minimum Gasteiger partial charge on any atom is -0.193 e. The second-order valence-corrected chi connectivity index (χ2v) is 2.73. The number of nitriles is 1. The first-order valence-electron chi connectivity index (χ1n) is 3.88. The van der Waals surface area contributed by atoms with E-state index in [-0.39, 0.29) is 0 Å². The molecule has 60 valence electrons. The Labute approximate surface area is 73.0 Å². The van der Waals surface area contributed by atoms with Gasteiger partial charge in [-0.1, -0.05) is 30.3 Å². The SMILES string of the molecule is C/C(C#N)=C(\C)c1ccccc1. The Bertz CT molecular complexity index is 328. The highest BCUT2D eigenvalue weighted by atomic mass is 14.2. The average molecular weight is 157 g/mol. The molecule has 0 fully saturated rings. The molecule has 1 nitrogen and oxygen atoms in total. The van der Waals surface area contributed by atoms with Gasteiger partial charge in [0.25, 0.3) is 0 Å². The molecule has 0 atom stereocenters. The van der Waals surface area contributed by atoms with Crippen molar-refractivity contribution in [2.24, 2.45) is 0 Å². The molecule has 1 rings (SSSR count). The summed E-state index contributed by atoms with van der Waals surface area (Å²) in [4.78, 5) is 0. The summed E-state index contributed by atoms with van der Waals surface area (Å²) >= 11 is 0. The van der Waals surface area contributed by atoms with E-state index in [0.717, 1.165) is 16.7 Å². The van der Waals surface area contributed by atoms with Crippen LogP contribution < -0.4 is 0 Å². The van der Waals surface area contributed by atoms with Crippen LogP contribution in [-0.4, -0.2) is 0 Å². The molecule has 0 aliphatic heterocycles. The quantitative estimate of drug-likeness (QED) is 0.575. The molecule has 0 aromatic heterocycles. The third-order valence-corrected chi connectivity index (χ3v) is 1.94. The van der Waals surface area contributed by atoms with Gasteiger partial charge in [0.2, 0.25) is 0 Å². The zero-order chi connectivity index (χ0) is 8.97. The van der Waals surface area contributed by atoms with E-state index < -0.39 is 0 Å². The molecule has 0 aliphatic carbocycles. The van der Waals surface area contributed by atoms with Crippen molar-refractivity contribution in [1.29, 1.82) is 5.26 Å². The normalized spacial score (nSPS) is 11.8. The molecule has 0 bridgehead atoms. The standard InChI is InChI=1S/C11H11N/c1-9(8-12)10(2)11-6-4-3-5-7-11/h3-7H,1-2H3/b10-9-. The molecule has 1 aromatic rings. The van der Waals surface area contributed by atoms with Crippen LogP contribution in [-0.2, 0) is 0 Å². The van der Waals surface area contributed by atoms with E-state index in [0.29, 0.717) is 0 Å². The van der Waals surface area contributed by atoms with E-state index in [1.54, 1.807) is 0 Å². The van der Waals surface area contributed by atoms with Gasteiger partial charge >= 0.3 is 0 Å². The summed E-state index contributed by atoms with van der Waals surface area (Å²) in [6.45, 7) is 3.80. The highest BCUT2D eigenvalue weighted by Crippen LogP contribution is 2.16. The first-order chi connectivity index (χ1) is 5.75. The number of nitrogens with zero attached hydrogens (tertiary/aromatic N) is 1. The summed E-state index contributed by atoms with van der Waals surface area (Å²) in [5.41, 5.74) is 2.95. The molecule has 0 spiro atoms. The second-order valence-electron chi connectivity index (χ2n) is 2.73. The van der Waals surface area contributed by atoms with Crippen LogP contribution in [0.4, 0.5) is 0 Å². The highest BCUT2D eigenvalue weighted by Gasteiger charge is 1.97. The third-order valence-electron chi connectivity index (χ3n) is 1.94. The van der Waals surface area contributed by atoms with Gasteiger partial charge in [0, 0.05) is 5.57 Å². The van der Waals surface area contributed by atoms with Crippen molar-refractivity contribution in [3.05, 3.63) is 41.5 Å². The van der Waals surface area contributed by atoms with Gasteiger partial charge < -0.3 is 0 Å². The van der Waals surface area contributed by atoms with Crippen molar-refractivity contribution in [3.63, 3.8) is 0 Å². The number of rotatable bonds is 1. The minimum atomic E-state index is 0.779. The molecule has 0 unspecified atom stereocenters. The van der Waals surface area contributed by atoms with E-state index >= 15 is 0 Å². The molecule has 0 N–H and O–H groups in total. The molecule has 0 amide bonds. The van der Waals surface area contributed by atoms with Gasteiger partial charge in [0.15, 0.2) is 0 Å². The Morgan fingerprint density at radius 2 is 1.75 bits per heavy atom. The fourth-order valence-corrected chi connectivity index (χ4v) is 0.989. The van der Waals surface area contributed by atoms with Crippen LogP contribution in [0.5, 0.6) is 0 Å². The highest BCUT2D eigenvalue weighted by molar-refractivity contribution is 5.69. The summed E-state index contributed by atoms with van der Waals surface area (Å²) in [6.07, 6.45) is 0. The van der Waals surface area contributed by atoms with Gasteiger partial charge in [0.05, 0.1) is 6.07 Å². The van der Waals surface area contributed by atoms with Crippen molar-refractivity contribution in [1.82, 2.24) is 0 Å². The van der Waals surface area contributed by atoms with Crippen molar-refractivity contribution in [3.8, 4) is 6.07 Å². The maximum atomic E-state index is 8.66. The van der Waals surface area contributed by atoms with Crippen LogP contribution in [0.3, 0.4) is 0 Å². The van der Waals surface area contributed by atoms with Gasteiger partial charge in [-0.05, 0) is 25.0 Å². The van der Waals surface area contributed by atoms with Gasteiger partial charge in [0.1, 0.15) is 0 Å². The summed E-state index contributed by atoms with van der Waals surface area (Å²) in [5.74, 6) is 0. The first-order valence-corrected chi connectivity index (χ1v) is 3.88. The third kappa shape index (κ3) is 1.73. The van der Waals surface area contributed by atoms with Crippen molar-refractivity contribution >= 4 is 5.57 Å². The Kier molecular flexibility index (Phi) is 2.66. The Morgan fingerprint density at radius 3 is 2.25 bits per heavy atom. The van der Waals surface area contributed by atoms with E-state index in [1.165, 1.54) is 0 Å². The fraction of sp³-hybridized carbons (Fsp3) is 0.182. The zero-order valence-corrected chi connectivity index (χ0v) is 7.33. The smallest absolute Gasteiger partial charge is 0.0947 e. The zero-order valence-electron chi connectivity index (χ0n) is 7.33. The van der Waals surface area contributed by atoms with Crippen molar-refractivity contribution in [2.75, 3.05) is 0 Å². The van der Waals surface area contributed by atoms with E-state index in [9.17, 15) is 0 Å². The molecule has 0 saturated heterocycles. The molecule has 1 heteroatoms.